The lowest BCUT2D eigenvalue weighted by molar-refractivity contribution is -0.384. The Morgan fingerprint density at radius 1 is 0.964 bits per heavy atom. The van der Waals surface area contributed by atoms with Crippen molar-refractivity contribution in [1.29, 1.82) is 0 Å². The Morgan fingerprint density at radius 2 is 1.57 bits per heavy atom. The quantitative estimate of drug-likeness (QED) is 0.492. The van der Waals surface area contributed by atoms with Crippen LogP contribution >= 0.6 is 0 Å². The van der Waals surface area contributed by atoms with Gasteiger partial charge < -0.3 is 0 Å². The molecule has 13 heteroatoms. The van der Waals surface area contributed by atoms with E-state index in [4.69, 9.17) is 0 Å². The highest BCUT2D eigenvalue weighted by molar-refractivity contribution is 7.89. The van der Waals surface area contributed by atoms with Gasteiger partial charge in [0.15, 0.2) is 0 Å². The number of nitro benzene ring substituents is 1. The Morgan fingerprint density at radius 3 is 2.11 bits per heavy atom. The van der Waals surface area contributed by atoms with E-state index in [1.165, 1.54) is 16.4 Å². The predicted molar refractivity (Wildman–Crippen MR) is 99.3 cm³/mol. The number of non-ortho nitro benzene ring substituents is 1. The fourth-order valence-electron chi connectivity index (χ4n) is 2.61. The van der Waals surface area contributed by atoms with E-state index in [1.807, 2.05) is 0 Å². The van der Waals surface area contributed by atoms with Crippen LogP contribution in [0.15, 0.2) is 52.4 Å². The molecule has 0 bridgehead atoms. The van der Waals surface area contributed by atoms with Crippen molar-refractivity contribution < 1.29 is 21.8 Å². The maximum atomic E-state index is 12.4. The van der Waals surface area contributed by atoms with E-state index < -0.39 is 25.0 Å². The standard InChI is InChI=1S/C15H17N5O6S2/c21-20(22)12-3-5-13(6-4-12)27(23,24)18-17-15-8-7-14(11-16-15)28(25,26)19-9-1-2-10-19/h3-8,11,18H,1-2,9-10H2,(H,16,17). The number of hydrogen-bond acceptors (Lipinski definition) is 8. The molecule has 0 aliphatic carbocycles. The Labute approximate surface area is 161 Å². The van der Waals surface area contributed by atoms with Gasteiger partial charge in [-0.05, 0) is 37.1 Å². The number of nitrogens with zero attached hydrogens (tertiary/aromatic N) is 3. The third kappa shape index (κ3) is 4.27. The summed E-state index contributed by atoms with van der Waals surface area (Å²) in [6.07, 6.45) is 2.78. The van der Waals surface area contributed by atoms with Gasteiger partial charge in [0.25, 0.3) is 15.7 Å². The Balaban J connectivity index is 1.68. The average molecular weight is 427 g/mol. The number of sulfonamides is 2. The van der Waals surface area contributed by atoms with Gasteiger partial charge in [-0.2, -0.15) is 4.31 Å². The Bertz CT molecular complexity index is 1060. The summed E-state index contributed by atoms with van der Waals surface area (Å²) >= 11 is 0. The second kappa shape index (κ2) is 7.79. The van der Waals surface area contributed by atoms with Crippen LogP contribution in [-0.2, 0) is 20.0 Å². The van der Waals surface area contributed by atoms with Gasteiger partial charge in [-0.15, -0.1) is 4.83 Å². The first-order chi connectivity index (χ1) is 13.2. The van der Waals surface area contributed by atoms with Gasteiger partial charge in [-0.25, -0.2) is 21.8 Å². The lowest BCUT2D eigenvalue weighted by atomic mass is 10.3. The number of hydrogen-bond donors (Lipinski definition) is 2. The molecule has 0 saturated carbocycles. The fourth-order valence-corrected chi connectivity index (χ4v) is 4.92. The molecule has 0 atom stereocenters. The molecule has 2 N–H and O–H groups in total. The van der Waals surface area contributed by atoms with Crippen LogP contribution in [0.4, 0.5) is 11.5 Å². The molecule has 1 aromatic carbocycles. The molecular weight excluding hydrogens is 410 g/mol. The van der Waals surface area contributed by atoms with Crippen LogP contribution in [-0.4, -0.2) is 44.1 Å². The van der Waals surface area contributed by atoms with E-state index in [0.717, 1.165) is 43.3 Å². The minimum atomic E-state index is -4.00. The van der Waals surface area contributed by atoms with E-state index in [1.54, 1.807) is 0 Å². The second-order valence-corrected chi connectivity index (χ2v) is 9.59. The molecule has 1 aliphatic rings. The molecule has 0 unspecified atom stereocenters. The van der Waals surface area contributed by atoms with Gasteiger partial charge in [-0.3, -0.25) is 15.5 Å². The van der Waals surface area contributed by atoms with E-state index in [2.05, 4.69) is 15.2 Å². The van der Waals surface area contributed by atoms with Gasteiger partial charge in [0, 0.05) is 31.4 Å². The summed E-state index contributed by atoms with van der Waals surface area (Å²) in [5.41, 5.74) is 2.14. The minimum Gasteiger partial charge on any atom is -0.292 e. The van der Waals surface area contributed by atoms with E-state index in [0.29, 0.717) is 13.1 Å². The van der Waals surface area contributed by atoms with Crippen LogP contribution in [0, 0.1) is 10.1 Å². The smallest absolute Gasteiger partial charge is 0.269 e. The van der Waals surface area contributed by atoms with E-state index >= 15 is 0 Å². The second-order valence-electron chi connectivity index (χ2n) is 5.97. The van der Waals surface area contributed by atoms with E-state index in [-0.39, 0.29) is 21.3 Å². The molecule has 1 saturated heterocycles. The van der Waals surface area contributed by atoms with Gasteiger partial charge in [0.05, 0.1) is 9.82 Å². The summed E-state index contributed by atoms with van der Waals surface area (Å²) in [5, 5.41) is 10.6. The maximum absolute atomic E-state index is 12.4. The van der Waals surface area contributed by atoms with Crippen molar-refractivity contribution in [2.24, 2.45) is 0 Å². The predicted octanol–water partition coefficient (Wildman–Crippen LogP) is 1.08. The van der Waals surface area contributed by atoms with Crippen molar-refractivity contribution in [2.45, 2.75) is 22.6 Å². The van der Waals surface area contributed by atoms with Crippen LogP contribution in [0.25, 0.3) is 0 Å². The van der Waals surface area contributed by atoms with Crippen LogP contribution in [0.3, 0.4) is 0 Å². The van der Waals surface area contributed by atoms with E-state index in [9.17, 15) is 26.9 Å². The number of nitrogens with one attached hydrogen (secondary N) is 2. The van der Waals surface area contributed by atoms with Crippen LogP contribution < -0.4 is 10.3 Å². The molecule has 0 spiro atoms. The first-order valence-electron chi connectivity index (χ1n) is 8.19. The molecule has 11 nitrogen and oxygen atoms in total. The topological polar surface area (TPSA) is 152 Å². The molecule has 3 rings (SSSR count). The first-order valence-corrected chi connectivity index (χ1v) is 11.1. The normalized spacial score (nSPS) is 15.4. The number of anilines is 1. The maximum Gasteiger partial charge on any atom is 0.269 e. The number of nitro groups is 1. The average Bonchev–Trinajstić information content (AvgIpc) is 3.22. The highest BCUT2D eigenvalue weighted by Crippen LogP contribution is 2.21. The van der Waals surface area contributed by atoms with Crippen molar-refractivity contribution in [3.05, 3.63) is 52.7 Å². The number of benzene rings is 1. The molecule has 0 amide bonds. The van der Waals surface area contributed by atoms with Crippen LogP contribution in [0.5, 0.6) is 0 Å². The van der Waals surface area contributed by atoms with Crippen LogP contribution in [0.1, 0.15) is 12.8 Å². The van der Waals surface area contributed by atoms with Crippen LogP contribution in [0.2, 0.25) is 0 Å². The number of hydrazine groups is 1. The lowest BCUT2D eigenvalue weighted by Gasteiger charge is -2.15. The highest BCUT2D eigenvalue weighted by Gasteiger charge is 2.27. The summed E-state index contributed by atoms with van der Waals surface area (Å²) in [7, 11) is -7.61. The molecule has 1 aromatic heterocycles. The molecule has 2 heterocycles. The summed E-state index contributed by atoms with van der Waals surface area (Å²) in [5.74, 6) is 0.0888. The Kier molecular flexibility index (Phi) is 5.60. The minimum absolute atomic E-state index is 0.0261. The number of pyridine rings is 1. The number of aromatic nitrogens is 1. The summed E-state index contributed by atoms with van der Waals surface area (Å²) < 4.78 is 50.7. The summed E-state index contributed by atoms with van der Waals surface area (Å²) in [4.78, 5) is 15.8. The van der Waals surface area contributed by atoms with Gasteiger partial charge in [0.1, 0.15) is 10.7 Å². The first kappa shape index (κ1) is 20.1. The fraction of sp³-hybridized carbons (Fsp3) is 0.267. The monoisotopic (exact) mass is 427 g/mol. The SMILES string of the molecule is O=[N+]([O-])c1ccc(S(=O)(=O)NNc2ccc(S(=O)(=O)N3CCCC3)cn2)cc1. The highest BCUT2D eigenvalue weighted by atomic mass is 32.2. The zero-order valence-corrected chi connectivity index (χ0v) is 16.1. The van der Waals surface area contributed by atoms with Crippen molar-refractivity contribution in [3.8, 4) is 0 Å². The van der Waals surface area contributed by atoms with Gasteiger partial charge in [0.2, 0.25) is 10.0 Å². The van der Waals surface area contributed by atoms with Crippen molar-refractivity contribution in [3.63, 3.8) is 0 Å². The Hall–Kier alpha value is -2.61. The van der Waals surface area contributed by atoms with Gasteiger partial charge >= 0.3 is 0 Å². The largest absolute Gasteiger partial charge is 0.292 e. The lowest BCUT2D eigenvalue weighted by Crippen LogP contribution is -2.30. The van der Waals surface area contributed by atoms with Crippen molar-refractivity contribution in [1.82, 2.24) is 14.1 Å². The zero-order chi connectivity index (χ0) is 20.4. The molecule has 2 aromatic rings. The third-order valence-electron chi connectivity index (χ3n) is 4.11. The molecule has 0 radical (unpaired) electrons. The van der Waals surface area contributed by atoms with Gasteiger partial charge in [-0.1, -0.05) is 0 Å². The molecular formula is C15H17N5O6S2. The van der Waals surface area contributed by atoms with Crippen molar-refractivity contribution >= 4 is 31.6 Å². The third-order valence-corrected chi connectivity index (χ3v) is 7.26. The summed E-state index contributed by atoms with van der Waals surface area (Å²) in [6.45, 7) is 0.939. The molecule has 1 fully saturated rings. The number of rotatable bonds is 7. The molecule has 28 heavy (non-hydrogen) atoms. The van der Waals surface area contributed by atoms with Crippen molar-refractivity contribution in [2.75, 3.05) is 18.5 Å². The molecule has 1 aliphatic heterocycles. The molecule has 150 valence electrons. The zero-order valence-electron chi connectivity index (χ0n) is 14.5. The summed E-state index contributed by atoms with van der Waals surface area (Å²) in [6, 6.07) is 7.02.